The van der Waals surface area contributed by atoms with Crippen molar-refractivity contribution in [2.75, 3.05) is 7.11 Å². The van der Waals surface area contributed by atoms with Crippen molar-refractivity contribution < 1.29 is 14.3 Å². The molecule has 0 saturated heterocycles. The summed E-state index contributed by atoms with van der Waals surface area (Å²) < 4.78 is 5.04. The second-order valence-electron chi connectivity index (χ2n) is 4.42. The van der Waals surface area contributed by atoms with E-state index in [-0.39, 0.29) is 5.78 Å². The number of hydrogen-bond acceptors (Lipinski definition) is 3. The molecular weight excluding hydrogens is 266 g/mol. The number of nitrogens with two attached hydrogens (primary N) is 1. The first kappa shape index (κ1) is 14.5. The minimum absolute atomic E-state index is 0.123. The van der Waals surface area contributed by atoms with Gasteiger partial charge in [0.2, 0.25) is 5.91 Å². The molecule has 0 aromatic heterocycles. The summed E-state index contributed by atoms with van der Waals surface area (Å²) in [5, 5.41) is 0. The van der Waals surface area contributed by atoms with Crippen LogP contribution in [0.5, 0.6) is 5.75 Å². The summed E-state index contributed by atoms with van der Waals surface area (Å²) in [6.45, 7) is 0. The van der Waals surface area contributed by atoms with E-state index in [1.165, 1.54) is 6.08 Å². The molecule has 0 unspecified atom stereocenters. The van der Waals surface area contributed by atoms with E-state index < -0.39 is 5.91 Å². The van der Waals surface area contributed by atoms with Crippen molar-refractivity contribution in [1.82, 2.24) is 0 Å². The van der Waals surface area contributed by atoms with Crippen molar-refractivity contribution in [2.45, 2.75) is 0 Å². The molecule has 2 N–H and O–H groups in total. The number of carbonyl (C=O) groups is 2. The van der Waals surface area contributed by atoms with Crippen molar-refractivity contribution in [3.05, 3.63) is 71.3 Å². The number of allylic oxidation sites excluding steroid dienone is 1. The van der Waals surface area contributed by atoms with E-state index in [9.17, 15) is 9.59 Å². The third-order valence-corrected chi connectivity index (χ3v) is 2.97. The average molecular weight is 281 g/mol. The average Bonchev–Trinajstić information content (AvgIpc) is 2.53. The maximum absolute atomic E-state index is 12.0. The number of rotatable bonds is 5. The number of hydrogen-bond donors (Lipinski definition) is 1. The lowest BCUT2D eigenvalue weighted by atomic mass is 10.1. The lowest BCUT2D eigenvalue weighted by Crippen LogP contribution is -2.10. The van der Waals surface area contributed by atoms with Gasteiger partial charge in [-0.25, -0.2) is 0 Å². The van der Waals surface area contributed by atoms with Gasteiger partial charge in [0.1, 0.15) is 5.75 Å². The third-order valence-electron chi connectivity index (χ3n) is 2.97. The van der Waals surface area contributed by atoms with Crippen molar-refractivity contribution >= 4 is 17.8 Å². The van der Waals surface area contributed by atoms with Crippen LogP contribution in [0.3, 0.4) is 0 Å². The highest BCUT2D eigenvalue weighted by Crippen LogP contribution is 2.13. The summed E-state index contributed by atoms with van der Waals surface area (Å²) in [4.78, 5) is 23.1. The number of ketones is 1. The quantitative estimate of drug-likeness (QED) is 0.676. The maximum atomic E-state index is 12.0. The highest BCUT2D eigenvalue weighted by Gasteiger charge is 2.03. The Labute approximate surface area is 122 Å². The van der Waals surface area contributed by atoms with Gasteiger partial charge in [-0.3, -0.25) is 9.59 Å². The van der Waals surface area contributed by atoms with E-state index in [1.54, 1.807) is 61.7 Å². The molecule has 0 bridgehead atoms. The summed E-state index contributed by atoms with van der Waals surface area (Å²) in [5.74, 6) is 0.0820. The number of primary amides is 1. The Kier molecular flexibility index (Phi) is 4.51. The smallest absolute Gasteiger partial charge is 0.248 e. The zero-order chi connectivity index (χ0) is 15.2. The van der Waals surface area contributed by atoms with Gasteiger partial charge in [0.05, 0.1) is 7.11 Å². The molecule has 0 aliphatic heterocycles. The number of methoxy groups -OCH3 is 1. The summed E-state index contributed by atoms with van der Waals surface area (Å²) in [7, 11) is 1.57. The molecule has 2 aromatic carbocycles. The van der Waals surface area contributed by atoms with Crippen molar-refractivity contribution in [3.8, 4) is 5.75 Å². The van der Waals surface area contributed by atoms with E-state index >= 15 is 0 Å². The molecule has 0 saturated carbocycles. The molecule has 0 spiro atoms. The Morgan fingerprint density at radius 1 is 1.05 bits per heavy atom. The van der Waals surface area contributed by atoms with E-state index in [2.05, 4.69) is 0 Å². The van der Waals surface area contributed by atoms with Crippen molar-refractivity contribution in [2.24, 2.45) is 5.73 Å². The van der Waals surface area contributed by atoms with Gasteiger partial charge in [-0.15, -0.1) is 0 Å². The fraction of sp³-hybridized carbons (Fsp3) is 0.0588. The molecule has 4 nitrogen and oxygen atoms in total. The predicted octanol–water partition coefficient (Wildman–Crippen LogP) is 2.69. The fourth-order valence-corrected chi connectivity index (χ4v) is 1.82. The van der Waals surface area contributed by atoms with Gasteiger partial charge in [0.25, 0.3) is 0 Å². The molecule has 1 amide bonds. The second-order valence-corrected chi connectivity index (χ2v) is 4.42. The van der Waals surface area contributed by atoms with Crippen LogP contribution in [0.1, 0.15) is 26.3 Å². The first-order chi connectivity index (χ1) is 10.1. The fourth-order valence-electron chi connectivity index (χ4n) is 1.82. The molecule has 106 valence electrons. The van der Waals surface area contributed by atoms with Gasteiger partial charge in [0, 0.05) is 11.1 Å². The highest BCUT2D eigenvalue weighted by molar-refractivity contribution is 6.07. The standard InChI is InChI=1S/C17H15NO3/c1-21-15-8-6-13(7-9-15)16(19)10-5-12-3-2-4-14(11-12)17(18)20/h2-11H,1H3,(H2,18,20). The van der Waals surface area contributed by atoms with Crippen LogP contribution in [0.25, 0.3) is 6.08 Å². The highest BCUT2D eigenvalue weighted by atomic mass is 16.5. The second kappa shape index (κ2) is 6.52. The molecule has 0 aliphatic rings. The van der Waals surface area contributed by atoms with Gasteiger partial charge < -0.3 is 10.5 Å². The SMILES string of the molecule is COc1ccc(C(=O)C=Cc2cccc(C(N)=O)c2)cc1. The van der Waals surface area contributed by atoms with Gasteiger partial charge in [-0.1, -0.05) is 18.2 Å². The van der Waals surface area contributed by atoms with E-state index in [0.29, 0.717) is 16.9 Å². The molecule has 21 heavy (non-hydrogen) atoms. The van der Waals surface area contributed by atoms with E-state index in [0.717, 1.165) is 5.56 Å². The van der Waals surface area contributed by atoms with Crippen LogP contribution in [-0.2, 0) is 0 Å². The third kappa shape index (κ3) is 3.79. The lowest BCUT2D eigenvalue weighted by molar-refractivity contribution is 0.0999. The number of amides is 1. The van der Waals surface area contributed by atoms with Crippen molar-refractivity contribution in [3.63, 3.8) is 0 Å². The summed E-state index contributed by atoms with van der Waals surface area (Å²) >= 11 is 0. The van der Waals surface area contributed by atoms with Crippen LogP contribution in [0, 0.1) is 0 Å². The van der Waals surface area contributed by atoms with E-state index in [4.69, 9.17) is 10.5 Å². The summed E-state index contributed by atoms with van der Waals surface area (Å²) in [6, 6.07) is 13.6. The molecule has 0 aliphatic carbocycles. The molecule has 0 fully saturated rings. The number of ether oxygens (including phenoxy) is 1. The van der Waals surface area contributed by atoms with Crippen LogP contribution in [0.15, 0.2) is 54.6 Å². The maximum Gasteiger partial charge on any atom is 0.248 e. The Morgan fingerprint density at radius 3 is 2.38 bits per heavy atom. The van der Waals surface area contributed by atoms with Crippen LogP contribution >= 0.6 is 0 Å². The molecular formula is C17H15NO3. The van der Waals surface area contributed by atoms with Gasteiger partial charge in [-0.05, 0) is 48.0 Å². The van der Waals surface area contributed by atoms with Gasteiger partial charge in [-0.2, -0.15) is 0 Å². The van der Waals surface area contributed by atoms with E-state index in [1.807, 2.05) is 0 Å². The monoisotopic (exact) mass is 281 g/mol. The zero-order valence-electron chi connectivity index (χ0n) is 11.6. The minimum Gasteiger partial charge on any atom is -0.497 e. The largest absolute Gasteiger partial charge is 0.497 e. The van der Waals surface area contributed by atoms with Crippen LogP contribution < -0.4 is 10.5 Å². The normalized spacial score (nSPS) is 10.5. The Bertz CT molecular complexity index is 687. The molecule has 2 rings (SSSR count). The topological polar surface area (TPSA) is 69.4 Å². The van der Waals surface area contributed by atoms with Gasteiger partial charge >= 0.3 is 0 Å². The van der Waals surface area contributed by atoms with Crippen LogP contribution in [0.2, 0.25) is 0 Å². The minimum atomic E-state index is -0.494. The molecule has 0 heterocycles. The summed E-state index contributed by atoms with van der Waals surface area (Å²) in [6.07, 6.45) is 3.11. The molecule has 4 heteroatoms. The van der Waals surface area contributed by atoms with Crippen LogP contribution in [0.4, 0.5) is 0 Å². The predicted molar refractivity (Wildman–Crippen MR) is 81.3 cm³/mol. The number of carbonyl (C=O) groups excluding carboxylic acids is 2. The lowest BCUT2D eigenvalue weighted by Gasteiger charge is -2.00. The Balaban J connectivity index is 2.14. The summed E-state index contributed by atoms with van der Waals surface area (Å²) in [5.41, 5.74) is 6.94. The van der Waals surface area contributed by atoms with Gasteiger partial charge in [0.15, 0.2) is 5.78 Å². The van der Waals surface area contributed by atoms with Crippen molar-refractivity contribution in [1.29, 1.82) is 0 Å². The Morgan fingerprint density at radius 2 is 1.76 bits per heavy atom. The molecule has 0 radical (unpaired) electrons. The Hall–Kier alpha value is -2.88. The zero-order valence-corrected chi connectivity index (χ0v) is 11.6. The first-order valence-corrected chi connectivity index (χ1v) is 6.36. The number of benzene rings is 2. The molecule has 0 atom stereocenters. The molecule has 2 aromatic rings. The first-order valence-electron chi connectivity index (χ1n) is 6.36. The van der Waals surface area contributed by atoms with Crippen LogP contribution in [-0.4, -0.2) is 18.8 Å².